The van der Waals surface area contributed by atoms with Gasteiger partial charge in [-0.2, -0.15) is 0 Å². The lowest BCUT2D eigenvalue weighted by atomic mass is 10.1. The number of nitrogens with one attached hydrogen (secondary N) is 2. The minimum Gasteiger partial charge on any atom is -0.481 e. The molecule has 26 heavy (non-hydrogen) atoms. The highest BCUT2D eigenvalue weighted by Gasteiger charge is 2.18. The molecule has 3 rings (SSSR count). The van der Waals surface area contributed by atoms with Crippen molar-refractivity contribution in [3.63, 3.8) is 0 Å². The number of benzene rings is 2. The van der Waals surface area contributed by atoms with Gasteiger partial charge in [0.2, 0.25) is 0 Å². The Morgan fingerprint density at radius 2 is 2.00 bits per heavy atom. The molecule has 2 aromatic carbocycles. The predicted octanol–water partition coefficient (Wildman–Crippen LogP) is 4.03. The van der Waals surface area contributed by atoms with E-state index in [4.69, 9.17) is 9.84 Å². The van der Waals surface area contributed by atoms with Crippen LogP contribution in [0, 0.1) is 0 Å². The number of carboxylic acid groups (broad SMARTS) is 1. The van der Waals surface area contributed by atoms with Crippen LogP contribution in [0.1, 0.15) is 30.4 Å². The van der Waals surface area contributed by atoms with Crippen LogP contribution in [0.25, 0.3) is 0 Å². The summed E-state index contributed by atoms with van der Waals surface area (Å²) in [6, 6.07) is 15.0. The lowest BCUT2D eigenvalue weighted by Crippen LogP contribution is -2.22. The molecule has 1 unspecified atom stereocenters. The molecule has 0 spiro atoms. The Balaban J connectivity index is 1.61. The average molecular weight is 354 g/mol. The number of rotatable bonds is 5. The SMILES string of the molecule is O=C(O)CC1CCCc2ccc(NC(=O)OCc3ccccc3)cc2N1. The molecule has 1 aliphatic heterocycles. The van der Waals surface area contributed by atoms with E-state index < -0.39 is 12.1 Å². The second-order valence-electron chi connectivity index (χ2n) is 6.39. The summed E-state index contributed by atoms with van der Waals surface area (Å²) in [6.07, 6.45) is 2.18. The highest BCUT2D eigenvalue weighted by atomic mass is 16.5. The van der Waals surface area contributed by atoms with E-state index in [1.165, 1.54) is 0 Å². The van der Waals surface area contributed by atoms with Crippen LogP contribution in [-0.2, 0) is 22.6 Å². The van der Waals surface area contributed by atoms with Crippen LogP contribution in [0.2, 0.25) is 0 Å². The van der Waals surface area contributed by atoms with Gasteiger partial charge in [-0.05, 0) is 42.5 Å². The molecule has 0 aliphatic carbocycles. The van der Waals surface area contributed by atoms with E-state index >= 15 is 0 Å². The number of carbonyl (C=O) groups excluding carboxylic acids is 1. The van der Waals surface area contributed by atoms with Crippen molar-refractivity contribution in [2.45, 2.75) is 38.3 Å². The fourth-order valence-electron chi connectivity index (χ4n) is 3.08. The Kier molecular flexibility index (Phi) is 5.73. The molecule has 6 heteroatoms. The quantitative estimate of drug-likeness (QED) is 0.755. The zero-order valence-corrected chi connectivity index (χ0v) is 14.4. The molecule has 0 fully saturated rings. The Morgan fingerprint density at radius 1 is 1.19 bits per heavy atom. The highest BCUT2D eigenvalue weighted by molar-refractivity contribution is 5.85. The lowest BCUT2D eigenvalue weighted by Gasteiger charge is -2.17. The molecule has 0 aromatic heterocycles. The first-order chi connectivity index (χ1) is 12.6. The van der Waals surface area contributed by atoms with Gasteiger partial charge in [0.05, 0.1) is 6.42 Å². The third-order valence-electron chi connectivity index (χ3n) is 4.35. The van der Waals surface area contributed by atoms with Crippen LogP contribution in [0.4, 0.5) is 16.2 Å². The van der Waals surface area contributed by atoms with Crippen molar-refractivity contribution in [1.82, 2.24) is 0 Å². The van der Waals surface area contributed by atoms with Gasteiger partial charge in [0.25, 0.3) is 0 Å². The summed E-state index contributed by atoms with van der Waals surface area (Å²) in [6.45, 7) is 0.205. The average Bonchev–Trinajstić information content (AvgIpc) is 2.81. The van der Waals surface area contributed by atoms with Gasteiger partial charge in [0.15, 0.2) is 0 Å². The van der Waals surface area contributed by atoms with E-state index in [0.29, 0.717) is 5.69 Å². The first-order valence-corrected chi connectivity index (χ1v) is 8.69. The molecule has 2 aromatic rings. The van der Waals surface area contributed by atoms with Crippen molar-refractivity contribution in [2.24, 2.45) is 0 Å². The monoisotopic (exact) mass is 354 g/mol. The topological polar surface area (TPSA) is 87.7 Å². The van der Waals surface area contributed by atoms with E-state index in [2.05, 4.69) is 10.6 Å². The number of carbonyl (C=O) groups is 2. The van der Waals surface area contributed by atoms with Gasteiger partial charge in [-0.1, -0.05) is 36.4 Å². The number of hydrogen-bond donors (Lipinski definition) is 3. The molecule has 0 radical (unpaired) electrons. The van der Waals surface area contributed by atoms with E-state index in [9.17, 15) is 9.59 Å². The molecule has 1 amide bonds. The second kappa shape index (κ2) is 8.38. The number of aryl methyl sites for hydroxylation is 1. The van der Waals surface area contributed by atoms with Crippen molar-refractivity contribution in [2.75, 3.05) is 10.6 Å². The maximum absolute atomic E-state index is 12.0. The van der Waals surface area contributed by atoms with Gasteiger partial charge in [-0.3, -0.25) is 10.1 Å². The van der Waals surface area contributed by atoms with Crippen molar-refractivity contribution in [3.8, 4) is 0 Å². The molecule has 3 N–H and O–H groups in total. The molecular formula is C20H22N2O4. The molecule has 1 atom stereocenters. The van der Waals surface area contributed by atoms with Crippen molar-refractivity contribution >= 4 is 23.4 Å². The Labute approximate surface area is 152 Å². The van der Waals surface area contributed by atoms with Gasteiger partial charge < -0.3 is 15.2 Å². The minimum absolute atomic E-state index is 0.0796. The number of aliphatic carboxylic acids is 1. The van der Waals surface area contributed by atoms with Gasteiger partial charge in [0, 0.05) is 17.4 Å². The maximum Gasteiger partial charge on any atom is 0.411 e. The Morgan fingerprint density at radius 3 is 2.77 bits per heavy atom. The number of hydrogen-bond acceptors (Lipinski definition) is 4. The molecule has 1 aliphatic rings. The number of fused-ring (bicyclic) bond motifs is 1. The maximum atomic E-state index is 12.0. The van der Waals surface area contributed by atoms with Gasteiger partial charge in [-0.15, -0.1) is 0 Å². The third-order valence-corrected chi connectivity index (χ3v) is 4.35. The molecule has 1 heterocycles. The Bertz CT molecular complexity index is 777. The van der Waals surface area contributed by atoms with E-state index in [0.717, 1.165) is 36.1 Å². The zero-order chi connectivity index (χ0) is 18.4. The number of amides is 1. The van der Waals surface area contributed by atoms with E-state index in [1.54, 1.807) is 0 Å². The van der Waals surface area contributed by atoms with Crippen LogP contribution in [0.15, 0.2) is 48.5 Å². The molecule has 6 nitrogen and oxygen atoms in total. The first kappa shape index (κ1) is 17.8. The summed E-state index contributed by atoms with van der Waals surface area (Å²) in [4.78, 5) is 23.0. The summed E-state index contributed by atoms with van der Waals surface area (Å²) in [5, 5.41) is 15.0. The van der Waals surface area contributed by atoms with Gasteiger partial charge in [-0.25, -0.2) is 4.79 Å². The standard InChI is InChI=1S/C20H22N2O4/c23-19(24)12-16-8-4-7-15-9-10-17(11-18(15)21-16)22-20(25)26-13-14-5-2-1-3-6-14/h1-3,5-6,9-11,16,21H,4,7-8,12-13H2,(H,22,25)(H,23,24). The van der Waals surface area contributed by atoms with Crippen LogP contribution < -0.4 is 10.6 Å². The molecule has 0 saturated carbocycles. The molecule has 0 saturated heterocycles. The second-order valence-corrected chi connectivity index (χ2v) is 6.39. The molecule has 136 valence electrons. The molecular weight excluding hydrogens is 332 g/mol. The fourth-order valence-corrected chi connectivity index (χ4v) is 3.08. The lowest BCUT2D eigenvalue weighted by molar-refractivity contribution is -0.137. The predicted molar refractivity (Wildman–Crippen MR) is 99.3 cm³/mol. The van der Waals surface area contributed by atoms with Crippen LogP contribution >= 0.6 is 0 Å². The largest absolute Gasteiger partial charge is 0.481 e. The van der Waals surface area contributed by atoms with Crippen molar-refractivity contribution < 1.29 is 19.4 Å². The summed E-state index contributed by atoms with van der Waals surface area (Å²) in [7, 11) is 0. The van der Waals surface area contributed by atoms with Gasteiger partial charge in [0.1, 0.15) is 6.61 Å². The van der Waals surface area contributed by atoms with E-state index in [-0.39, 0.29) is 19.1 Å². The van der Waals surface area contributed by atoms with Gasteiger partial charge >= 0.3 is 12.1 Å². The fraction of sp³-hybridized carbons (Fsp3) is 0.300. The minimum atomic E-state index is -0.815. The van der Waals surface area contributed by atoms with Crippen LogP contribution in [0.3, 0.4) is 0 Å². The van der Waals surface area contributed by atoms with Crippen molar-refractivity contribution in [1.29, 1.82) is 0 Å². The summed E-state index contributed by atoms with van der Waals surface area (Å²) < 4.78 is 5.23. The smallest absolute Gasteiger partial charge is 0.411 e. The Hall–Kier alpha value is -3.02. The summed E-state index contributed by atoms with van der Waals surface area (Å²) in [5.74, 6) is -0.815. The first-order valence-electron chi connectivity index (χ1n) is 8.69. The third kappa shape index (κ3) is 4.99. The highest BCUT2D eigenvalue weighted by Crippen LogP contribution is 2.28. The number of ether oxygens (including phenoxy) is 1. The zero-order valence-electron chi connectivity index (χ0n) is 14.4. The van der Waals surface area contributed by atoms with Crippen molar-refractivity contribution in [3.05, 3.63) is 59.7 Å². The van der Waals surface area contributed by atoms with E-state index in [1.807, 2.05) is 48.5 Å². The van der Waals surface area contributed by atoms with Crippen LogP contribution in [0.5, 0.6) is 0 Å². The summed E-state index contributed by atoms with van der Waals surface area (Å²) in [5.41, 5.74) is 3.53. The normalized spacial score (nSPS) is 15.9. The number of carboxylic acids is 1. The summed E-state index contributed by atoms with van der Waals surface area (Å²) >= 11 is 0. The molecule has 0 bridgehead atoms. The van der Waals surface area contributed by atoms with Crippen LogP contribution in [-0.4, -0.2) is 23.2 Å². The number of anilines is 2.